The smallest absolute Gasteiger partial charge is 0.0994 e. The lowest BCUT2D eigenvalue weighted by Crippen LogP contribution is -2.35. The van der Waals surface area contributed by atoms with Crippen molar-refractivity contribution >= 4 is 28.2 Å². The van der Waals surface area contributed by atoms with Crippen LogP contribution in [0, 0.1) is 34.0 Å². The van der Waals surface area contributed by atoms with Gasteiger partial charge in [-0.05, 0) is 96.8 Å². The van der Waals surface area contributed by atoms with Crippen LogP contribution in [0.1, 0.15) is 76.2 Å². The number of hydrogen-bond donors (Lipinski definition) is 0. The topological polar surface area (TPSA) is 79.5 Å². The van der Waals surface area contributed by atoms with E-state index in [2.05, 4.69) is 137 Å². The van der Waals surface area contributed by atoms with E-state index in [0.29, 0.717) is 17.5 Å². The minimum absolute atomic E-state index is 0.0776. The molecule has 2 atom stereocenters. The van der Waals surface area contributed by atoms with Crippen molar-refractivity contribution in [3.63, 3.8) is 0 Å². The normalized spacial score (nSPS) is 18.6. The van der Waals surface area contributed by atoms with Gasteiger partial charge >= 0.3 is 0 Å². The van der Waals surface area contributed by atoms with Crippen molar-refractivity contribution < 1.29 is 0 Å². The lowest BCUT2D eigenvalue weighted by Gasteiger charge is -2.36. The minimum atomic E-state index is 0.0776. The standard InChI is InChI=1S/C47H35N5/c48-28-32-17-21-46-41(25-32)42-26-33(29-49)18-22-47(42)52(46)43-15-6-4-11-38(43)34-10-8-9-31(23-34)24-36-27-37(20-19-35(36)30-50)51-44-14-3-1-2-12-39(44)40-13-5-7-16-45(40)51/h1-5,7-13,16-17,19-21,23,25-27,42,47H,6,14-15,18,22,24H2. The molecule has 0 fully saturated rings. The quantitative estimate of drug-likeness (QED) is 0.187. The van der Waals surface area contributed by atoms with Crippen molar-refractivity contribution in [2.45, 2.75) is 50.5 Å². The molecule has 0 N–H and O–H groups in total. The summed E-state index contributed by atoms with van der Waals surface area (Å²) in [7, 11) is 0. The summed E-state index contributed by atoms with van der Waals surface area (Å²) in [5, 5.41) is 31.0. The van der Waals surface area contributed by atoms with Gasteiger partial charge in [-0.3, -0.25) is 0 Å². The van der Waals surface area contributed by atoms with Crippen LogP contribution in [0.3, 0.4) is 0 Å². The molecule has 0 amide bonds. The lowest BCUT2D eigenvalue weighted by atomic mass is 9.83. The van der Waals surface area contributed by atoms with Crippen LogP contribution in [0.15, 0.2) is 133 Å². The summed E-state index contributed by atoms with van der Waals surface area (Å²) >= 11 is 0. The first-order chi connectivity index (χ1) is 25.6. The fourth-order valence-electron chi connectivity index (χ4n) is 8.83. The summed E-state index contributed by atoms with van der Waals surface area (Å²) < 4.78 is 2.36. The van der Waals surface area contributed by atoms with Crippen LogP contribution in [0.2, 0.25) is 0 Å². The summed E-state index contributed by atoms with van der Waals surface area (Å²) in [4.78, 5) is 2.52. The lowest BCUT2D eigenvalue weighted by molar-refractivity contribution is 0.540. The molecule has 5 aromatic rings. The highest BCUT2D eigenvalue weighted by molar-refractivity contribution is 5.93. The Morgan fingerprint density at radius 3 is 2.60 bits per heavy atom. The van der Waals surface area contributed by atoms with Gasteiger partial charge < -0.3 is 9.47 Å². The fourth-order valence-corrected chi connectivity index (χ4v) is 8.83. The molecule has 5 heteroatoms. The molecule has 3 aliphatic carbocycles. The Bertz CT molecular complexity index is 2580. The van der Waals surface area contributed by atoms with Gasteiger partial charge in [0.25, 0.3) is 0 Å². The van der Waals surface area contributed by atoms with Crippen molar-refractivity contribution in [3.05, 3.63) is 177 Å². The Hall–Kier alpha value is -6.61. The second-order valence-corrected chi connectivity index (χ2v) is 14.0. The maximum Gasteiger partial charge on any atom is 0.0994 e. The molecule has 0 bridgehead atoms. The highest BCUT2D eigenvalue weighted by atomic mass is 15.2. The Morgan fingerprint density at radius 1 is 0.788 bits per heavy atom. The predicted molar refractivity (Wildman–Crippen MR) is 208 cm³/mol. The van der Waals surface area contributed by atoms with Gasteiger partial charge in [0, 0.05) is 63.2 Å². The molecule has 0 spiro atoms. The van der Waals surface area contributed by atoms with Crippen LogP contribution in [0.25, 0.3) is 28.2 Å². The van der Waals surface area contributed by atoms with Gasteiger partial charge in [-0.15, -0.1) is 0 Å². The zero-order chi connectivity index (χ0) is 35.2. The zero-order valence-corrected chi connectivity index (χ0v) is 28.8. The number of rotatable bonds is 5. The molecule has 0 radical (unpaired) electrons. The fraction of sp³-hybridized carbons (Fsp3) is 0.170. The van der Waals surface area contributed by atoms with Crippen LogP contribution in [-0.2, 0) is 12.8 Å². The number of para-hydroxylation sites is 1. The number of nitriles is 3. The molecule has 0 saturated carbocycles. The van der Waals surface area contributed by atoms with E-state index in [1.54, 1.807) is 0 Å². The average Bonchev–Trinajstić information content (AvgIpc) is 3.56. The second kappa shape index (κ2) is 12.9. The molecule has 248 valence electrons. The van der Waals surface area contributed by atoms with E-state index in [0.717, 1.165) is 71.3 Å². The highest BCUT2D eigenvalue weighted by Crippen LogP contribution is 2.51. The van der Waals surface area contributed by atoms with Crippen LogP contribution in [0.5, 0.6) is 0 Å². The van der Waals surface area contributed by atoms with Gasteiger partial charge in [0.2, 0.25) is 0 Å². The third kappa shape index (κ3) is 5.21. The van der Waals surface area contributed by atoms with Crippen molar-refractivity contribution in [2.24, 2.45) is 0 Å². The van der Waals surface area contributed by atoms with E-state index in [4.69, 9.17) is 0 Å². The highest BCUT2D eigenvalue weighted by Gasteiger charge is 2.41. The third-order valence-corrected chi connectivity index (χ3v) is 11.1. The van der Waals surface area contributed by atoms with E-state index in [1.807, 2.05) is 18.2 Å². The van der Waals surface area contributed by atoms with Gasteiger partial charge in [0.1, 0.15) is 0 Å². The van der Waals surface area contributed by atoms with Crippen LogP contribution < -0.4 is 4.90 Å². The Kier molecular flexibility index (Phi) is 7.80. The van der Waals surface area contributed by atoms with E-state index in [1.165, 1.54) is 33.4 Å². The summed E-state index contributed by atoms with van der Waals surface area (Å²) in [6.07, 6.45) is 20.3. The van der Waals surface area contributed by atoms with Crippen LogP contribution in [0.4, 0.5) is 5.69 Å². The number of aromatic nitrogens is 1. The first kappa shape index (κ1) is 31.4. The van der Waals surface area contributed by atoms with Crippen molar-refractivity contribution in [3.8, 4) is 23.9 Å². The van der Waals surface area contributed by atoms with E-state index >= 15 is 0 Å². The van der Waals surface area contributed by atoms with E-state index < -0.39 is 0 Å². The third-order valence-electron chi connectivity index (χ3n) is 11.1. The molecular weight excluding hydrogens is 635 g/mol. The zero-order valence-electron chi connectivity index (χ0n) is 28.8. The molecule has 1 aromatic heterocycles. The second-order valence-electron chi connectivity index (χ2n) is 14.0. The van der Waals surface area contributed by atoms with Gasteiger partial charge in [-0.2, -0.15) is 15.8 Å². The van der Waals surface area contributed by atoms with Gasteiger partial charge in [-0.1, -0.05) is 85.0 Å². The summed E-state index contributed by atoms with van der Waals surface area (Å²) in [6, 6.07) is 37.0. The molecule has 52 heavy (non-hydrogen) atoms. The molecule has 0 saturated heterocycles. The van der Waals surface area contributed by atoms with Crippen LogP contribution in [-0.4, -0.2) is 10.6 Å². The number of allylic oxidation sites excluding steroid dienone is 8. The number of fused-ring (bicyclic) bond motifs is 6. The molecule has 1 aliphatic heterocycles. The first-order valence-corrected chi connectivity index (χ1v) is 18.1. The predicted octanol–water partition coefficient (Wildman–Crippen LogP) is 10.4. The van der Waals surface area contributed by atoms with Crippen LogP contribution >= 0.6 is 0 Å². The molecule has 4 aliphatic rings. The average molecular weight is 670 g/mol. The van der Waals surface area contributed by atoms with E-state index in [9.17, 15) is 15.8 Å². The first-order valence-electron chi connectivity index (χ1n) is 18.1. The Morgan fingerprint density at radius 2 is 1.71 bits per heavy atom. The largest absolute Gasteiger partial charge is 0.340 e. The summed E-state index contributed by atoms with van der Waals surface area (Å²) in [6.45, 7) is 0. The molecule has 9 rings (SSSR count). The van der Waals surface area contributed by atoms with Gasteiger partial charge in [0.05, 0.1) is 34.9 Å². The molecule has 2 unspecified atom stereocenters. The maximum atomic E-state index is 10.2. The monoisotopic (exact) mass is 669 g/mol. The van der Waals surface area contributed by atoms with E-state index in [-0.39, 0.29) is 12.0 Å². The van der Waals surface area contributed by atoms with Crippen molar-refractivity contribution in [1.29, 1.82) is 15.8 Å². The van der Waals surface area contributed by atoms with Crippen molar-refractivity contribution in [1.82, 2.24) is 4.57 Å². The molecule has 4 aromatic carbocycles. The Balaban J connectivity index is 1.11. The summed E-state index contributed by atoms with van der Waals surface area (Å²) in [5.74, 6) is 0.0776. The maximum absolute atomic E-state index is 10.2. The molecule has 5 nitrogen and oxygen atoms in total. The van der Waals surface area contributed by atoms with Crippen molar-refractivity contribution in [2.75, 3.05) is 4.90 Å². The van der Waals surface area contributed by atoms with Gasteiger partial charge in [-0.25, -0.2) is 0 Å². The number of nitrogens with zero attached hydrogens (tertiary/aromatic N) is 5. The van der Waals surface area contributed by atoms with Gasteiger partial charge in [0.15, 0.2) is 0 Å². The number of anilines is 1. The number of benzene rings is 4. The summed E-state index contributed by atoms with van der Waals surface area (Å²) in [5.41, 5.74) is 15.0. The number of hydrogen-bond acceptors (Lipinski definition) is 4. The minimum Gasteiger partial charge on any atom is -0.340 e. The molecule has 2 heterocycles. The molecular formula is C47H35N5. The SMILES string of the molecule is N#CC1=CC2c3cc(C#N)ccc3N(C3=C(c4cccc(Cc5cc(-n6c7c(c8ccccc86)C=CC=CC7)ccc5C#N)c4)C=CCC3)C2CC1. The Labute approximate surface area is 304 Å².